The van der Waals surface area contributed by atoms with E-state index < -0.39 is 0 Å². The molecule has 322 valence electrons. The second-order valence-corrected chi connectivity index (χ2v) is 21.8. The Morgan fingerprint density at radius 1 is 0.409 bits per heavy atom. The lowest BCUT2D eigenvalue weighted by Crippen LogP contribution is -2.44. The van der Waals surface area contributed by atoms with Gasteiger partial charge in [0.15, 0.2) is 0 Å². The number of nitrogens with zero attached hydrogens (tertiary/aromatic N) is 2. The summed E-state index contributed by atoms with van der Waals surface area (Å²) in [4.78, 5) is 5.18. The van der Waals surface area contributed by atoms with E-state index in [9.17, 15) is 0 Å². The molecule has 0 saturated heterocycles. The van der Waals surface area contributed by atoms with Gasteiger partial charge in [-0.25, -0.2) is 0 Å². The quantitative estimate of drug-likeness (QED) is 0.174. The molecule has 2 nitrogen and oxygen atoms in total. The maximum Gasteiger partial charge on any atom is 0.0504 e. The second-order valence-electron chi connectivity index (χ2n) is 21.8. The first-order valence-corrected chi connectivity index (χ1v) is 24.0. The van der Waals surface area contributed by atoms with Crippen LogP contribution < -0.4 is 9.80 Å². The molecular formula is C64H56N2. The molecule has 5 aliphatic rings. The Kier molecular flexibility index (Phi) is 7.99. The standard InChI is InChI=1S/C64H56N2/c1-61(2)51-22-14-12-20-47(51)49-36-43(28-31-52(49)61)65(44-27-30-48-46-19-11-13-21-50(46)62(3,4)54(48)37-44)45-29-32-59-55(38-45)64(7,8)57-35-42(41-26-25-39-17-9-10-18-40(39)33-41)34-56-60(57)66(59)58-24-16-15-23-53(58)63(56,5)6/h9-33,35-38,42H,34H2,1-8H3. The summed E-state index contributed by atoms with van der Waals surface area (Å²) in [5.74, 6) is 0.257. The fourth-order valence-electron chi connectivity index (χ4n) is 13.1. The summed E-state index contributed by atoms with van der Waals surface area (Å²) < 4.78 is 0. The largest absolute Gasteiger partial charge is 0.310 e. The van der Waals surface area contributed by atoms with E-state index in [2.05, 4.69) is 241 Å². The summed E-state index contributed by atoms with van der Waals surface area (Å²) in [6.07, 6.45) is 3.64. The summed E-state index contributed by atoms with van der Waals surface area (Å²) in [7, 11) is 0. The average molecular weight is 853 g/mol. The topological polar surface area (TPSA) is 6.48 Å². The highest BCUT2D eigenvalue weighted by atomic mass is 15.2. The average Bonchev–Trinajstić information content (AvgIpc) is 3.70. The highest BCUT2D eigenvalue weighted by molar-refractivity contribution is 5.92. The lowest BCUT2D eigenvalue weighted by molar-refractivity contribution is 0.518. The van der Waals surface area contributed by atoms with Gasteiger partial charge in [0, 0.05) is 44.6 Å². The van der Waals surface area contributed by atoms with Crippen LogP contribution in [-0.4, -0.2) is 0 Å². The van der Waals surface area contributed by atoms with Crippen molar-refractivity contribution in [2.75, 3.05) is 9.80 Å². The second kappa shape index (κ2) is 13.4. The first-order valence-electron chi connectivity index (χ1n) is 24.0. The minimum atomic E-state index is -0.297. The fourth-order valence-corrected chi connectivity index (χ4v) is 13.1. The van der Waals surface area contributed by atoms with E-state index >= 15 is 0 Å². The molecule has 0 saturated carbocycles. The summed E-state index contributed by atoms with van der Waals surface area (Å²) in [6, 6.07) is 64.9. The summed E-state index contributed by atoms with van der Waals surface area (Å²) >= 11 is 0. The van der Waals surface area contributed by atoms with E-state index in [1.165, 1.54) is 117 Å². The molecule has 0 fully saturated rings. The third-order valence-electron chi connectivity index (χ3n) is 16.8. The molecule has 0 spiro atoms. The van der Waals surface area contributed by atoms with Crippen LogP contribution in [-0.2, 0) is 21.7 Å². The number of para-hydroxylation sites is 1. The minimum absolute atomic E-state index is 0.0731. The number of hydrogen-bond donors (Lipinski definition) is 0. The van der Waals surface area contributed by atoms with Crippen molar-refractivity contribution in [3.63, 3.8) is 0 Å². The lowest BCUT2D eigenvalue weighted by Gasteiger charge is -2.53. The molecule has 8 aromatic rings. The highest BCUT2D eigenvalue weighted by Gasteiger charge is 2.50. The van der Waals surface area contributed by atoms with Crippen molar-refractivity contribution in [1.29, 1.82) is 0 Å². The van der Waals surface area contributed by atoms with E-state index in [1.54, 1.807) is 0 Å². The predicted molar refractivity (Wildman–Crippen MR) is 277 cm³/mol. The monoisotopic (exact) mass is 852 g/mol. The third-order valence-corrected chi connectivity index (χ3v) is 16.8. The van der Waals surface area contributed by atoms with Crippen LogP contribution in [0.2, 0.25) is 0 Å². The Balaban J connectivity index is 1.03. The van der Waals surface area contributed by atoms with Gasteiger partial charge < -0.3 is 9.80 Å². The number of anilines is 5. The summed E-state index contributed by atoms with van der Waals surface area (Å²) in [5, 5.41) is 2.60. The Hall–Kier alpha value is -6.90. The summed E-state index contributed by atoms with van der Waals surface area (Å²) in [6.45, 7) is 19.4. The molecule has 0 radical (unpaired) electrons. The first-order chi connectivity index (χ1) is 31.7. The first kappa shape index (κ1) is 39.5. The zero-order valence-electron chi connectivity index (χ0n) is 39.4. The smallest absolute Gasteiger partial charge is 0.0504 e. The van der Waals surface area contributed by atoms with Crippen LogP contribution in [0.5, 0.6) is 0 Å². The van der Waals surface area contributed by atoms with Crippen molar-refractivity contribution in [3.05, 3.63) is 232 Å². The van der Waals surface area contributed by atoms with Crippen LogP contribution in [0.4, 0.5) is 28.4 Å². The van der Waals surface area contributed by atoms with Gasteiger partial charge in [0.25, 0.3) is 0 Å². The molecule has 66 heavy (non-hydrogen) atoms. The highest BCUT2D eigenvalue weighted by Crippen LogP contribution is 2.62. The molecule has 0 amide bonds. The molecule has 1 atom stereocenters. The van der Waals surface area contributed by atoms with E-state index in [0.717, 1.165) is 6.42 Å². The van der Waals surface area contributed by atoms with Gasteiger partial charge in [-0.05, 0) is 138 Å². The molecule has 0 bridgehead atoms. The maximum absolute atomic E-state index is 2.65. The molecule has 8 aromatic carbocycles. The molecule has 13 rings (SSSR count). The van der Waals surface area contributed by atoms with Gasteiger partial charge in [0.05, 0.1) is 17.1 Å². The maximum atomic E-state index is 2.65. The number of fused-ring (bicyclic) bond motifs is 11. The Labute approximate surface area is 390 Å². The lowest BCUT2D eigenvalue weighted by atomic mass is 9.60. The van der Waals surface area contributed by atoms with Crippen LogP contribution in [0.15, 0.2) is 193 Å². The number of benzene rings is 8. The van der Waals surface area contributed by atoms with Crippen LogP contribution in [0.1, 0.15) is 107 Å². The molecule has 3 aliphatic carbocycles. The van der Waals surface area contributed by atoms with E-state index in [0.29, 0.717) is 0 Å². The molecule has 2 aliphatic heterocycles. The van der Waals surface area contributed by atoms with E-state index in [1.807, 2.05) is 0 Å². The van der Waals surface area contributed by atoms with E-state index in [-0.39, 0.29) is 27.6 Å². The van der Waals surface area contributed by atoms with Crippen molar-refractivity contribution in [2.24, 2.45) is 0 Å². The predicted octanol–water partition coefficient (Wildman–Crippen LogP) is 17.0. The fraction of sp³-hybridized carbons (Fsp3) is 0.219. The zero-order chi connectivity index (χ0) is 45.1. The van der Waals surface area contributed by atoms with Crippen molar-refractivity contribution >= 4 is 39.2 Å². The summed E-state index contributed by atoms with van der Waals surface area (Å²) in [5.41, 5.74) is 24.8. The van der Waals surface area contributed by atoms with Crippen LogP contribution in [0.3, 0.4) is 0 Å². The minimum Gasteiger partial charge on any atom is -0.310 e. The SMILES string of the molecule is CC1(C)C2=CC(c3ccc4ccccc4c3)CC3=C2N(c2ccc(N(c4ccc5c(c4)-c4ccccc4C5(C)C)c4ccc5c(c4)C(C)(C)c4ccccc4-5)cc21)c1ccccc1C3(C)C. The van der Waals surface area contributed by atoms with Gasteiger partial charge in [-0.15, -0.1) is 0 Å². The van der Waals surface area contributed by atoms with Crippen molar-refractivity contribution < 1.29 is 0 Å². The van der Waals surface area contributed by atoms with Crippen LogP contribution in [0, 0.1) is 0 Å². The Bertz CT molecular complexity index is 3480. The molecular weight excluding hydrogens is 797 g/mol. The molecule has 0 aromatic heterocycles. The Morgan fingerprint density at radius 3 is 1.71 bits per heavy atom. The molecule has 2 heterocycles. The van der Waals surface area contributed by atoms with Crippen molar-refractivity contribution in [1.82, 2.24) is 0 Å². The van der Waals surface area contributed by atoms with Gasteiger partial charge in [0.1, 0.15) is 0 Å². The zero-order valence-corrected chi connectivity index (χ0v) is 39.4. The number of rotatable bonds is 4. The number of hydrogen-bond acceptors (Lipinski definition) is 2. The van der Waals surface area contributed by atoms with E-state index in [4.69, 9.17) is 0 Å². The van der Waals surface area contributed by atoms with Gasteiger partial charge >= 0.3 is 0 Å². The van der Waals surface area contributed by atoms with Crippen molar-refractivity contribution in [2.45, 2.75) is 89.4 Å². The van der Waals surface area contributed by atoms with Gasteiger partial charge in [0.2, 0.25) is 0 Å². The van der Waals surface area contributed by atoms with Gasteiger partial charge in [-0.1, -0.05) is 183 Å². The third kappa shape index (κ3) is 5.25. The van der Waals surface area contributed by atoms with Crippen molar-refractivity contribution in [3.8, 4) is 22.3 Å². The van der Waals surface area contributed by atoms with Crippen LogP contribution >= 0.6 is 0 Å². The van der Waals surface area contributed by atoms with Gasteiger partial charge in [-0.3, -0.25) is 0 Å². The van der Waals surface area contributed by atoms with Crippen LogP contribution in [0.25, 0.3) is 33.0 Å². The molecule has 1 unspecified atom stereocenters. The molecule has 0 N–H and O–H groups in total. The number of allylic oxidation sites excluding steroid dienone is 3. The van der Waals surface area contributed by atoms with Gasteiger partial charge in [-0.2, -0.15) is 0 Å². The Morgan fingerprint density at radius 2 is 0.955 bits per heavy atom. The normalized spacial score (nSPS) is 19.2. The molecule has 2 heteroatoms.